The Morgan fingerprint density at radius 1 is 1.30 bits per heavy atom. The highest BCUT2D eigenvalue weighted by Crippen LogP contribution is 2.29. The van der Waals surface area contributed by atoms with Gasteiger partial charge in [0.1, 0.15) is 11.5 Å². The van der Waals surface area contributed by atoms with E-state index in [4.69, 9.17) is 16.0 Å². The molecule has 3 aromatic rings. The molecule has 0 bridgehead atoms. The number of halogens is 3. The number of rotatable bonds is 6. The second-order valence-corrected chi connectivity index (χ2v) is 6.34. The number of nitrogens with zero attached hydrogens (tertiary/aromatic N) is 1. The van der Waals surface area contributed by atoms with Gasteiger partial charge >= 0.3 is 6.61 Å². The molecule has 8 heteroatoms. The van der Waals surface area contributed by atoms with Crippen LogP contribution in [0.3, 0.4) is 0 Å². The van der Waals surface area contributed by atoms with Gasteiger partial charge in [0.25, 0.3) is 5.91 Å². The Hall–Kier alpha value is -2.80. The van der Waals surface area contributed by atoms with E-state index in [2.05, 4.69) is 10.1 Å². The van der Waals surface area contributed by atoms with Crippen molar-refractivity contribution in [1.29, 1.82) is 0 Å². The second kappa shape index (κ2) is 7.84. The summed E-state index contributed by atoms with van der Waals surface area (Å²) in [5.41, 5.74) is 2.57. The van der Waals surface area contributed by atoms with E-state index in [1.807, 2.05) is 30.5 Å². The van der Waals surface area contributed by atoms with E-state index >= 15 is 0 Å². The van der Waals surface area contributed by atoms with Crippen molar-refractivity contribution in [2.75, 3.05) is 5.32 Å². The summed E-state index contributed by atoms with van der Waals surface area (Å²) >= 11 is 5.92. The van der Waals surface area contributed by atoms with Crippen LogP contribution in [0.25, 0.3) is 0 Å². The van der Waals surface area contributed by atoms with Gasteiger partial charge in [0, 0.05) is 17.1 Å². The molecule has 2 heterocycles. The summed E-state index contributed by atoms with van der Waals surface area (Å²) < 4.78 is 36.2. The first kappa shape index (κ1) is 19.0. The van der Waals surface area contributed by atoms with Gasteiger partial charge in [0.15, 0.2) is 0 Å². The van der Waals surface area contributed by atoms with E-state index in [9.17, 15) is 13.6 Å². The first-order valence-corrected chi connectivity index (χ1v) is 8.47. The molecule has 0 fully saturated rings. The number of ether oxygens (including phenoxy) is 1. The Balaban J connectivity index is 1.77. The fourth-order valence-corrected chi connectivity index (χ4v) is 3.03. The van der Waals surface area contributed by atoms with Crippen molar-refractivity contribution in [3.05, 3.63) is 70.4 Å². The maximum absolute atomic E-state index is 12.6. The first-order valence-electron chi connectivity index (χ1n) is 8.10. The van der Waals surface area contributed by atoms with Crippen LogP contribution in [0.5, 0.6) is 5.75 Å². The highest BCUT2D eigenvalue weighted by atomic mass is 35.5. The Morgan fingerprint density at radius 2 is 2.07 bits per heavy atom. The van der Waals surface area contributed by atoms with E-state index in [1.54, 1.807) is 12.3 Å². The zero-order valence-electron chi connectivity index (χ0n) is 14.6. The van der Waals surface area contributed by atoms with E-state index in [1.165, 1.54) is 18.2 Å². The van der Waals surface area contributed by atoms with Gasteiger partial charge in [-0.1, -0.05) is 11.6 Å². The van der Waals surface area contributed by atoms with Crippen LogP contribution in [0.2, 0.25) is 5.02 Å². The molecule has 0 aliphatic heterocycles. The number of carbonyl (C=O) groups excluding carboxylic acids is 1. The van der Waals surface area contributed by atoms with Crippen LogP contribution >= 0.6 is 11.6 Å². The number of amides is 1. The molecule has 27 heavy (non-hydrogen) atoms. The summed E-state index contributed by atoms with van der Waals surface area (Å²) in [6.45, 7) is 1.29. The van der Waals surface area contributed by atoms with Crippen molar-refractivity contribution in [3.63, 3.8) is 0 Å². The Bertz CT molecular complexity index is 952. The minimum absolute atomic E-state index is 0.0172. The number of aromatic nitrogens is 1. The van der Waals surface area contributed by atoms with Gasteiger partial charge in [-0.05, 0) is 50.2 Å². The lowest BCUT2D eigenvalue weighted by atomic mass is 10.2. The van der Waals surface area contributed by atoms with Crippen LogP contribution in [0.4, 0.5) is 14.5 Å². The predicted molar refractivity (Wildman–Crippen MR) is 97.8 cm³/mol. The molecule has 1 aromatic carbocycles. The molecule has 0 aliphatic carbocycles. The fourth-order valence-electron chi connectivity index (χ4n) is 2.80. The lowest BCUT2D eigenvalue weighted by Crippen LogP contribution is -2.13. The van der Waals surface area contributed by atoms with Crippen molar-refractivity contribution >= 4 is 23.2 Å². The molecule has 1 amide bonds. The summed E-state index contributed by atoms with van der Waals surface area (Å²) in [6.07, 6.45) is 1.60. The lowest BCUT2D eigenvalue weighted by molar-refractivity contribution is -0.0497. The highest BCUT2D eigenvalue weighted by Gasteiger charge is 2.17. The maximum Gasteiger partial charge on any atom is 0.387 e. The number of aryl methyl sites for hydroxylation is 1. The number of hydrogen-bond donors (Lipinski definition) is 1. The summed E-state index contributed by atoms with van der Waals surface area (Å²) in [6, 6.07) is 9.54. The van der Waals surface area contributed by atoms with Gasteiger partial charge in [-0.15, -0.1) is 0 Å². The van der Waals surface area contributed by atoms with Gasteiger partial charge < -0.3 is 19.0 Å². The predicted octanol–water partition coefficient (Wildman–Crippen LogP) is 5.25. The molecule has 0 radical (unpaired) electrons. The summed E-state index contributed by atoms with van der Waals surface area (Å²) in [5, 5.41) is 2.70. The number of anilines is 1. The quantitative estimate of drug-likeness (QED) is 0.621. The second-order valence-electron chi connectivity index (χ2n) is 5.93. The van der Waals surface area contributed by atoms with Crippen LogP contribution in [0.15, 0.2) is 47.1 Å². The van der Waals surface area contributed by atoms with E-state index < -0.39 is 6.61 Å². The molecular weight excluding hydrogens is 378 g/mol. The molecule has 0 saturated heterocycles. The monoisotopic (exact) mass is 394 g/mol. The largest absolute Gasteiger partial charge is 0.467 e. The van der Waals surface area contributed by atoms with Gasteiger partial charge in [-0.3, -0.25) is 4.79 Å². The third-order valence-corrected chi connectivity index (χ3v) is 4.41. The maximum atomic E-state index is 12.6. The SMILES string of the molecule is Cc1cc(C(=O)Nc2ccc(OC(F)F)c(Cl)c2)c(C)n1Cc1ccco1. The molecule has 2 aromatic heterocycles. The number of carbonyl (C=O) groups is 1. The van der Waals surface area contributed by atoms with Crippen molar-refractivity contribution in [2.24, 2.45) is 0 Å². The number of furan rings is 1. The molecule has 3 rings (SSSR count). The summed E-state index contributed by atoms with van der Waals surface area (Å²) in [5.74, 6) is 0.304. The minimum atomic E-state index is -2.97. The van der Waals surface area contributed by atoms with E-state index in [-0.39, 0.29) is 16.7 Å². The topological polar surface area (TPSA) is 56.4 Å². The van der Waals surface area contributed by atoms with Gasteiger partial charge in [0.2, 0.25) is 0 Å². The van der Waals surface area contributed by atoms with Crippen molar-refractivity contribution < 1.29 is 22.7 Å². The molecular formula is C19H17ClF2N2O3. The van der Waals surface area contributed by atoms with Crippen LogP contribution in [0, 0.1) is 13.8 Å². The fraction of sp³-hybridized carbons (Fsp3) is 0.211. The van der Waals surface area contributed by atoms with Crippen molar-refractivity contribution in [2.45, 2.75) is 27.0 Å². The highest BCUT2D eigenvalue weighted by molar-refractivity contribution is 6.32. The molecule has 0 unspecified atom stereocenters. The molecule has 142 valence electrons. The van der Waals surface area contributed by atoms with Gasteiger partial charge in [-0.25, -0.2) is 0 Å². The van der Waals surface area contributed by atoms with Crippen LogP contribution in [-0.2, 0) is 6.54 Å². The Kier molecular flexibility index (Phi) is 5.51. The van der Waals surface area contributed by atoms with Gasteiger partial charge in [-0.2, -0.15) is 8.78 Å². The smallest absolute Gasteiger partial charge is 0.387 e. The number of alkyl halides is 2. The normalized spacial score (nSPS) is 11.0. The van der Waals surface area contributed by atoms with Crippen LogP contribution < -0.4 is 10.1 Å². The van der Waals surface area contributed by atoms with Crippen molar-refractivity contribution in [3.8, 4) is 5.75 Å². The standard InChI is InChI=1S/C19H17ClF2N2O3/c1-11-8-15(12(2)24(11)10-14-4-3-7-26-14)18(25)23-13-5-6-17(16(20)9-13)27-19(21)22/h3-9,19H,10H2,1-2H3,(H,23,25). The molecule has 5 nitrogen and oxygen atoms in total. The average Bonchev–Trinajstić information content (AvgIpc) is 3.21. The lowest BCUT2D eigenvalue weighted by Gasteiger charge is -2.10. The van der Waals surface area contributed by atoms with Crippen molar-refractivity contribution in [1.82, 2.24) is 4.57 Å². The third-order valence-electron chi connectivity index (χ3n) is 4.12. The number of hydrogen-bond acceptors (Lipinski definition) is 3. The summed E-state index contributed by atoms with van der Waals surface area (Å²) in [4.78, 5) is 12.6. The first-order chi connectivity index (χ1) is 12.8. The van der Waals surface area contributed by atoms with E-state index in [0.717, 1.165) is 17.1 Å². The molecule has 0 saturated carbocycles. The van der Waals surface area contributed by atoms with E-state index in [0.29, 0.717) is 17.8 Å². The van der Waals surface area contributed by atoms with Gasteiger partial charge in [0.05, 0.1) is 23.4 Å². The number of benzene rings is 1. The van der Waals surface area contributed by atoms with Crippen LogP contribution in [0.1, 0.15) is 27.5 Å². The zero-order valence-corrected chi connectivity index (χ0v) is 15.4. The average molecular weight is 395 g/mol. The molecule has 0 aliphatic rings. The third kappa shape index (κ3) is 4.31. The van der Waals surface area contributed by atoms with Crippen LogP contribution in [-0.4, -0.2) is 17.1 Å². The molecule has 0 spiro atoms. The summed E-state index contributed by atoms with van der Waals surface area (Å²) in [7, 11) is 0. The minimum Gasteiger partial charge on any atom is -0.467 e. The molecule has 0 atom stereocenters. The Labute approximate surface area is 159 Å². The zero-order chi connectivity index (χ0) is 19.6. The molecule has 1 N–H and O–H groups in total. The number of nitrogens with one attached hydrogen (secondary N) is 1. The Morgan fingerprint density at radius 3 is 2.70 bits per heavy atom.